The molecule has 0 aliphatic heterocycles. The molecule has 16 heavy (non-hydrogen) atoms. The van der Waals surface area contributed by atoms with E-state index < -0.39 is 11.6 Å². The third kappa shape index (κ3) is 4.20. The van der Waals surface area contributed by atoms with Crippen LogP contribution in [0.25, 0.3) is 0 Å². The second-order valence-electron chi connectivity index (χ2n) is 5.28. The Morgan fingerprint density at radius 3 is 2.44 bits per heavy atom. The van der Waals surface area contributed by atoms with Crippen LogP contribution in [0.15, 0.2) is 18.2 Å². The van der Waals surface area contributed by atoms with Gasteiger partial charge in [-0.15, -0.1) is 0 Å². The summed E-state index contributed by atoms with van der Waals surface area (Å²) in [5.74, 6) is -1.49. The van der Waals surface area contributed by atoms with Gasteiger partial charge in [0.1, 0.15) is 0 Å². The molecule has 1 aromatic rings. The first-order valence-electron chi connectivity index (χ1n) is 5.36. The molecule has 1 rings (SSSR count). The van der Waals surface area contributed by atoms with Crippen LogP contribution in [-0.4, -0.2) is 4.83 Å². The maximum atomic E-state index is 13.4. The van der Waals surface area contributed by atoms with Gasteiger partial charge in [-0.25, -0.2) is 8.78 Å². The maximum Gasteiger partial charge on any atom is 0.162 e. The lowest BCUT2D eigenvalue weighted by Gasteiger charge is -2.22. The summed E-state index contributed by atoms with van der Waals surface area (Å²) in [6.07, 6.45) is 1.43. The van der Waals surface area contributed by atoms with Crippen LogP contribution in [0.1, 0.15) is 32.8 Å². The second-order valence-corrected chi connectivity index (χ2v) is 6.57. The number of rotatable bonds is 3. The molecule has 0 saturated carbocycles. The van der Waals surface area contributed by atoms with Crippen LogP contribution >= 0.6 is 15.9 Å². The summed E-state index contributed by atoms with van der Waals surface area (Å²) in [7, 11) is 0. The molecule has 0 amide bonds. The third-order valence-electron chi connectivity index (χ3n) is 2.31. The van der Waals surface area contributed by atoms with Crippen molar-refractivity contribution in [2.24, 2.45) is 5.41 Å². The Balaban J connectivity index is 2.70. The minimum atomic E-state index is -0.770. The lowest BCUT2D eigenvalue weighted by molar-refractivity contribution is 0.372. The summed E-state index contributed by atoms with van der Waals surface area (Å²) in [6, 6.07) is 4.33. The highest BCUT2D eigenvalue weighted by atomic mass is 79.9. The van der Waals surface area contributed by atoms with E-state index in [-0.39, 0.29) is 10.2 Å². The summed E-state index contributed by atoms with van der Waals surface area (Å²) in [5.41, 5.74) is 0.615. The van der Waals surface area contributed by atoms with Gasteiger partial charge in [0.2, 0.25) is 0 Å². The van der Waals surface area contributed by atoms with Crippen molar-refractivity contribution < 1.29 is 8.78 Å². The van der Waals surface area contributed by atoms with Gasteiger partial charge in [-0.2, -0.15) is 0 Å². The third-order valence-corrected chi connectivity index (χ3v) is 2.95. The summed E-state index contributed by atoms with van der Waals surface area (Å²) in [6.45, 7) is 6.38. The predicted molar refractivity (Wildman–Crippen MR) is 66.8 cm³/mol. The van der Waals surface area contributed by atoms with E-state index in [1.165, 1.54) is 0 Å². The fourth-order valence-electron chi connectivity index (χ4n) is 1.68. The van der Waals surface area contributed by atoms with E-state index in [0.29, 0.717) is 12.0 Å². The molecule has 0 radical (unpaired) electrons. The van der Waals surface area contributed by atoms with Crippen molar-refractivity contribution in [2.75, 3.05) is 0 Å². The molecule has 0 aliphatic carbocycles. The van der Waals surface area contributed by atoms with E-state index in [4.69, 9.17) is 0 Å². The lowest BCUT2D eigenvalue weighted by atomic mass is 9.89. The molecule has 0 nitrogen and oxygen atoms in total. The smallest absolute Gasteiger partial charge is 0.162 e. The average Bonchev–Trinajstić information content (AvgIpc) is 2.09. The van der Waals surface area contributed by atoms with Crippen molar-refractivity contribution in [3.05, 3.63) is 35.4 Å². The fourth-order valence-corrected chi connectivity index (χ4v) is 3.00. The average molecular weight is 291 g/mol. The van der Waals surface area contributed by atoms with Crippen LogP contribution in [0.4, 0.5) is 8.78 Å². The van der Waals surface area contributed by atoms with Crippen LogP contribution in [0.5, 0.6) is 0 Å². The molecule has 0 saturated heterocycles. The Labute approximate surface area is 104 Å². The molecular weight excluding hydrogens is 274 g/mol. The van der Waals surface area contributed by atoms with Gasteiger partial charge in [-0.3, -0.25) is 0 Å². The minimum Gasteiger partial charge on any atom is -0.204 e. The molecule has 90 valence electrons. The van der Waals surface area contributed by atoms with Crippen molar-refractivity contribution in [3.8, 4) is 0 Å². The molecule has 0 spiro atoms. The van der Waals surface area contributed by atoms with Gasteiger partial charge in [0.15, 0.2) is 11.6 Å². The molecule has 0 aromatic heterocycles. The number of hydrogen-bond donors (Lipinski definition) is 0. The number of halogens is 3. The molecule has 0 heterocycles. The predicted octanol–water partition coefficient (Wildman–Crippen LogP) is 4.71. The van der Waals surface area contributed by atoms with E-state index in [1.54, 1.807) is 12.1 Å². The number of alkyl halides is 1. The van der Waals surface area contributed by atoms with Crippen molar-refractivity contribution >= 4 is 15.9 Å². The van der Waals surface area contributed by atoms with Gasteiger partial charge in [0.05, 0.1) is 0 Å². The van der Waals surface area contributed by atoms with Crippen LogP contribution < -0.4 is 0 Å². The highest BCUT2D eigenvalue weighted by molar-refractivity contribution is 9.09. The zero-order valence-electron chi connectivity index (χ0n) is 9.86. The van der Waals surface area contributed by atoms with E-state index in [0.717, 1.165) is 12.5 Å². The van der Waals surface area contributed by atoms with E-state index >= 15 is 0 Å². The number of hydrogen-bond acceptors (Lipinski definition) is 0. The zero-order chi connectivity index (χ0) is 12.3. The quantitative estimate of drug-likeness (QED) is 0.708. The van der Waals surface area contributed by atoms with Crippen molar-refractivity contribution in [1.29, 1.82) is 0 Å². The van der Waals surface area contributed by atoms with Gasteiger partial charge >= 0.3 is 0 Å². The largest absolute Gasteiger partial charge is 0.204 e. The van der Waals surface area contributed by atoms with Crippen molar-refractivity contribution in [1.82, 2.24) is 0 Å². The van der Waals surface area contributed by atoms with Crippen molar-refractivity contribution in [2.45, 2.75) is 38.4 Å². The van der Waals surface area contributed by atoms with Crippen LogP contribution in [0.3, 0.4) is 0 Å². The molecular formula is C13H17BrF2. The van der Waals surface area contributed by atoms with Crippen LogP contribution in [0.2, 0.25) is 0 Å². The summed E-state index contributed by atoms with van der Waals surface area (Å²) >= 11 is 3.52. The van der Waals surface area contributed by atoms with Crippen LogP contribution in [0, 0.1) is 17.0 Å². The molecule has 0 aliphatic rings. The van der Waals surface area contributed by atoms with E-state index in [9.17, 15) is 8.78 Å². The standard InChI is InChI=1S/C13H17BrF2/c1-13(2,3)8-10(14)7-9-5-4-6-11(15)12(9)16/h4-6,10H,7-8H2,1-3H3. The van der Waals surface area contributed by atoms with Gasteiger partial charge < -0.3 is 0 Å². The summed E-state index contributed by atoms with van der Waals surface area (Å²) in [5, 5.41) is 0. The summed E-state index contributed by atoms with van der Waals surface area (Å²) in [4.78, 5) is 0.170. The first-order valence-corrected chi connectivity index (χ1v) is 6.28. The van der Waals surface area contributed by atoms with Crippen molar-refractivity contribution in [3.63, 3.8) is 0 Å². The Bertz CT molecular complexity index is 355. The normalized spacial score (nSPS) is 13.9. The highest BCUT2D eigenvalue weighted by Gasteiger charge is 2.18. The Morgan fingerprint density at radius 2 is 1.88 bits per heavy atom. The lowest BCUT2D eigenvalue weighted by Crippen LogP contribution is -2.15. The highest BCUT2D eigenvalue weighted by Crippen LogP contribution is 2.27. The molecule has 0 bridgehead atoms. The van der Waals surface area contributed by atoms with Gasteiger partial charge in [-0.05, 0) is 29.9 Å². The SMILES string of the molecule is CC(C)(C)CC(Br)Cc1cccc(F)c1F. The van der Waals surface area contributed by atoms with Gasteiger partial charge in [-0.1, -0.05) is 48.8 Å². The molecule has 0 fully saturated rings. The topological polar surface area (TPSA) is 0 Å². The summed E-state index contributed by atoms with van der Waals surface area (Å²) < 4.78 is 26.4. The second kappa shape index (κ2) is 5.26. The molecule has 1 atom stereocenters. The molecule has 1 unspecified atom stereocenters. The Hall–Kier alpha value is -0.440. The van der Waals surface area contributed by atoms with E-state index in [1.807, 2.05) is 0 Å². The zero-order valence-corrected chi connectivity index (χ0v) is 11.4. The van der Waals surface area contributed by atoms with Crippen LogP contribution in [-0.2, 0) is 6.42 Å². The fraction of sp³-hybridized carbons (Fsp3) is 0.538. The minimum absolute atomic E-state index is 0.170. The van der Waals surface area contributed by atoms with Gasteiger partial charge in [0.25, 0.3) is 0 Å². The monoisotopic (exact) mass is 290 g/mol. The molecule has 1 aromatic carbocycles. The molecule has 3 heteroatoms. The van der Waals surface area contributed by atoms with Gasteiger partial charge in [0, 0.05) is 4.83 Å². The number of benzene rings is 1. The first kappa shape index (κ1) is 13.6. The molecule has 0 N–H and O–H groups in total. The first-order chi connectivity index (χ1) is 7.29. The Kier molecular flexibility index (Phi) is 4.48. The van der Waals surface area contributed by atoms with E-state index in [2.05, 4.69) is 36.7 Å². The Morgan fingerprint density at radius 1 is 1.25 bits per heavy atom. The maximum absolute atomic E-state index is 13.4.